The summed E-state index contributed by atoms with van der Waals surface area (Å²) in [6.45, 7) is 10.3. The molecule has 1 N–H and O–H groups in total. The Morgan fingerprint density at radius 1 is 1.13 bits per heavy atom. The second kappa shape index (κ2) is 5.53. The van der Waals surface area contributed by atoms with E-state index in [4.69, 9.17) is 5.11 Å². The summed E-state index contributed by atoms with van der Waals surface area (Å²) in [5.74, 6) is -0.620. The van der Waals surface area contributed by atoms with Crippen LogP contribution in [0.5, 0.6) is 0 Å². The maximum Gasteiger partial charge on any atom is 0.309 e. The predicted molar refractivity (Wildman–Crippen MR) is 64.0 cm³/mol. The van der Waals surface area contributed by atoms with Crippen LogP contribution in [-0.2, 0) is 4.79 Å². The van der Waals surface area contributed by atoms with Crippen LogP contribution in [-0.4, -0.2) is 11.1 Å². The van der Waals surface area contributed by atoms with Crippen molar-refractivity contribution in [3.05, 3.63) is 0 Å². The minimum atomic E-state index is -0.620. The average molecular weight is 214 g/mol. The van der Waals surface area contributed by atoms with Gasteiger partial charge >= 0.3 is 5.97 Å². The molecule has 0 atom stereocenters. The second-order valence-electron chi connectivity index (χ2n) is 5.03. The van der Waals surface area contributed by atoms with Gasteiger partial charge in [0, 0.05) is 0 Å². The molecular formula is C13H26O2. The highest BCUT2D eigenvalue weighted by atomic mass is 16.4. The fourth-order valence-corrected chi connectivity index (χ4v) is 1.97. The largest absolute Gasteiger partial charge is 0.481 e. The van der Waals surface area contributed by atoms with Gasteiger partial charge in [-0.15, -0.1) is 0 Å². The first-order valence-corrected chi connectivity index (χ1v) is 6.15. The average Bonchev–Trinajstić information content (AvgIpc) is 2.26. The van der Waals surface area contributed by atoms with Crippen LogP contribution in [0.1, 0.15) is 66.7 Å². The Bertz CT molecular complexity index is 201. The lowest BCUT2D eigenvalue weighted by atomic mass is 9.64. The highest BCUT2D eigenvalue weighted by Gasteiger charge is 2.41. The van der Waals surface area contributed by atoms with E-state index in [0.29, 0.717) is 5.41 Å². The molecule has 1 aliphatic rings. The van der Waals surface area contributed by atoms with Gasteiger partial charge in [-0.1, -0.05) is 34.1 Å². The molecule has 0 amide bonds. The normalized spacial score (nSPS) is 35.3. The minimum Gasteiger partial charge on any atom is -0.481 e. The van der Waals surface area contributed by atoms with Crippen LogP contribution in [0.25, 0.3) is 0 Å². The van der Waals surface area contributed by atoms with Crippen molar-refractivity contribution in [2.24, 2.45) is 10.8 Å². The summed E-state index contributed by atoms with van der Waals surface area (Å²) in [6, 6.07) is 0. The molecule has 0 heterocycles. The molecule has 0 spiro atoms. The van der Waals surface area contributed by atoms with Crippen molar-refractivity contribution in [2.45, 2.75) is 66.7 Å². The van der Waals surface area contributed by atoms with Crippen molar-refractivity contribution in [2.75, 3.05) is 0 Å². The predicted octanol–water partition coefficient (Wildman–Crippen LogP) is 4.09. The molecule has 1 aliphatic carbocycles. The Morgan fingerprint density at radius 2 is 1.53 bits per heavy atom. The highest BCUT2D eigenvalue weighted by Crippen LogP contribution is 2.46. The fourth-order valence-electron chi connectivity index (χ4n) is 1.97. The number of rotatable bonds is 2. The molecule has 0 radical (unpaired) electrons. The zero-order valence-electron chi connectivity index (χ0n) is 10.9. The zero-order valence-corrected chi connectivity index (χ0v) is 10.9. The van der Waals surface area contributed by atoms with Crippen LogP contribution in [0, 0.1) is 10.8 Å². The third kappa shape index (κ3) is 3.51. The zero-order chi connectivity index (χ0) is 12.1. The summed E-state index contributed by atoms with van der Waals surface area (Å²) < 4.78 is 0. The van der Waals surface area contributed by atoms with E-state index in [9.17, 15) is 4.79 Å². The standard InChI is InChI=1S/C11H20O2.C2H6/c1-4-10(2)5-7-11(3,8-6-10)9(12)13;1-2/h4-8H2,1-3H3,(H,12,13);1-2H3. The lowest BCUT2D eigenvalue weighted by Crippen LogP contribution is -2.36. The molecule has 0 unspecified atom stereocenters. The summed E-state index contributed by atoms with van der Waals surface area (Å²) in [5.41, 5.74) is -0.0519. The molecule has 0 saturated heterocycles. The molecule has 90 valence electrons. The van der Waals surface area contributed by atoms with Gasteiger partial charge in [0.2, 0.25) is 0 Å². The van der Waals surface area contributed by atoms with Crippen LogP contribution in [0.3, 0.4) is 0 Å². The van der Waals surface area contributed by atoms with Crippen molar-refractivity contribution >= 4 is 5.97 Å². The molecule has 15 heavy (non-hydrogen) atoms. The highest BCUT2D eigenvalue weighted by molar-refractivity contribution is 5.74. The number of carbonyl (C=O) groups is 1. The lowest BCUT2D eigenvalue weighted by molar-refractivity contribution is -0.151. The number of aliphatic carboxylic acids is 1. The molecule has 2 nitrogen and oxygen atoms in total. The van der Waals surface area contributed by atoms with E-state index in [0.717, 1.165) is 25.7 Å². The third-order valence-corrected chi connectivity index (χ3v) is 3.93. The first kappa shape index (κ1) is 14.5. The Labute approximate surface area is 94.1 Å². The summed E-state index contributed by atoms with van der Waals surface area (Å²) in [7, 11) is 0. The van der Waals surface area contributed by atoms with Crippen LogP contribution in [0.15, 0.2) is 0 Å². The van der Waals surface area contributed by atoms with Crippen molar-refractivity contribution in [1.29, 1.82) is 0 Å². The molecular weight excluding hydrogens is 188 g/mol. The van der Waals surface area contributed by atoms with E-state index in [1.165, 1.54) is 6.42 Å². The smallest absolute Gasteiger partial charge is 0.309 e. The first-order valence-electron chi connectivity index (χ1n) is 6.15. The third-order valence-electron chi connectivity index (χ3n) is 3.93. The SMILES string of the molecule is CC.CCC1(C)CCC(C)(C(=O)O)CC1. The molecule has 0 bridgehead atoms. The van der Waals surface area contributed by atoms with Crippen molar-refractivity contribution in [3.8, 4) is 0 Å². The van der Waals surface area contributed by atoms with E-state index in [-0.39, 0.29) is 0 Å². The van der Waals surface area contributed by atoms with Crippen molar-refractivity contribution in [3.63, 3.8) is 0 Å². The van der Waals surface area contributed by atoms with Gasteiger partial charge in [-0.25, -0.2) is 0 Å². The van der Waals surface area contributed by atoms with Gasteiger partial charge in [0.25, 0.3) is 0 Å². The summed E-state index contributed by atoms with van der Waals surface area (Å²) >= 11 is 0. The Kier molecular flexibility index (Phi) is 5.33. The number of carboxylic acid groups (broad SMARTS) is 1. The first-order chi connectivity index (χ1) is 6.92. The van der Waals surface area contributed by atoms with Crippen molar-refractivity contribution < 1.29 is 9.90 Å². The Morgan fingerprint density at radius 3 is 1.80 bits per heavy atom. The monoisotopic (exact) mass is 214 g/mol. The second-order valence-corrected chi connectivity index (χ2v) is 5.03. The van der Waals surface area contributed by atoms with Gasteiger partial charge in [0.05, 0.1) is 5.41 Å². The maximum atomic E-state index is 11.0. The van der Waals surface area contributed by atoms with Crippen LogP contribution < -0.4 is 0 Å². The van der Waals surface area contributed by atoms with Gasteiger partial charge in [0.1, 0.15) is 0 Å². The minimum absolute atomic E-state index is 0.398. The van der Waals surface area contributed by atoms with Crippen LogP contribution in [0.2, 0.25) is 0 Å². The summed E-state index contributed by atoms with van der Waals surface area (Å²) in [6.07, 6.45) is 4.97. The molecule has 2 heteroatoms. The van der Waals surface area contributed by atoms with Crippen LogP contribution >= 0.6 is 0 Å². The molecule has 0 aliphatic heterocycles. The van der Waals surface area contributed by atoms with Gasteiger partial charge in [0.15, 0.2) is 0 Å². The molecule has 0 aromatic heterocycles. The Hall–Kier alpha value is -0.530. The molecule has 1 saturated carbocycles. The number of carboxylic acids is 1. The molecule has 0 aromatic carbocycles. The van der Waals surface area contributed by atoms with Gasteiger partial charge in [-0.2, -0.15) is 0 Å². The van der Waals surface area contributed by atoms with Gasteiger partial charge in [-0.3, -0.25) is 4.79 Å². The molecule has 1 rings (SSSR count). The van der Waals surface area contributed by atoms with Crippen LogP contribution in [0.4, 0.5) is 0 Å². The maximum absolute atomic E-state index is 11.0. The van der Waals surface area contributed by atoms with E-state index in [1.54, 1.807) is 0 Å². The quantitative estimate of drug-likeness (QED) is 0.751. The number of hydrogen-bond donors (Lipinski definition) is 1. The fraction of sp³-hybridized carbons (Fsp3) is 0.923. The van der Waals surface area contributed by atoms with Gasteiger partial charge in [-0.05, 0) is 38.0 Å². The van der Waals surface area contributed by atoms with Crippen molar-refractivity contribution in [1.82, 2.24) is 0 Å². The van der Waals surface area contributed by atoms with E-state index in [1.807, 2.05) is 20.8 Å². The van der Waals surface area contributed by atoms with E-state index in [2.05, 4.69) is 13.8 Å². The van der Waals surface area contributed by atoms with Gasteiger partial charge < -0.3 is 5.11 Å². The lowest BCUT2D eigenvalue weighted by Gasteiger charge is -2.40. The van der Waals surface area contributed by atoms with E-state index < -0.39 is 11.4 Å². The molecule has 1 fully saturated rings. The summed E-state index contributed by atoms with van der Waals surface area (Å²) in [4.78, 5) is 11.0. The topological polar surface area (TPSA) is 37.3 Å². The number of hydrogen-bond acceptors (Lipinski definition) is 1. The molecule has 0 aromatic rings. The van der Waals surface area contributed by atoms with E-state index >= 15 is 0 Å². The Balaban J connectivity index is 0.000000921. The summed E-state index contributed by atoms with van der Waals surface area (Å²) in [5, 5.41) is 9.04.